The summed E-state index contributed by atoms with van der Waals surface area (Å²) in [5.74, 6) is -1.75. The molecule has 1 unspecified atom stereocenters. The number of carbonyl (C=O) groups is 3. The van der Waals surface area contributed by atoms with Crippen molar-refractivity contribution in [2.75, 3.05) is 5.32 Å². The van der Waals surface area contributed by atoms with Gasteiger partial charge in [-0.2, -0.15) is 0 Å². The third-order valence-corrected chi connectivity index (χ3v) is 2.95. The van der Waals surface area contributed by atoms with E-state index in [9.17, 15) is 14.4 Å². The maximum atomic E-state index is 11.9. The van der Waals surface area contributed by atoms with Crippen LogP contribution in [0, 0.1) is 5.92 Å². The lowest BCUT2D eigenvalue weighted by atomic mass is 10.0. The van der Waals surface area contributed by atoms with Gasteiger partial charge in [-0.1, -0.05) is 0 Å². The summed E-state index contributed by atoms with van der Waals surface area (Å²) in [7, 11) is 0. The second kappa shape index (κ2) is 4.60. The van der Waals surface area contributed by atoms with E-state index in [0.29, 0.717) is 17.7 Å². The molecule has 1 amide bonds. The minimum Gasteiger partial charge on any atom is -0.481 e. The molecule has 1 aromatic carbocycles. The van der Waals surface area contributed by atoms with Crippen molar-refractivity contribution in [1.82, 2.24) is 0 Å². The first-order valence-corrected chi connectivity index (χ1v) is 5.64. The molecule has 0 aromatic heterocycles. The Bertz CT molecular complexity index is 536. The molecular weight excluding hydrogens is 234 g/mol. The Balaban J connectivity index is 2.23. The summed E-state index contributed by atoms with van der Waals surface area (Å²) in [5.41, 5.74) is 2.00. The van der Waals surface area contributed by atoms with E-state index in [1.165, 1.54) is 6.92 Å². The fraction of sp³-hybridized carbons (Fsp3) is 0.308. The number of hydrogen-bond acceptors (Lipinski definition) is 3. The Morgan fingerprint density at radius 2 is 2.17 bits per heavy atom. The summed E-state index contributed by atoms with van der Waals surface area (Å²) in [6.07, 6.45) is 0.275. The Morgan fingerprint density at radius 1 is 1.44 bits per heavy atom. The predicted octanol–water partition coefficient (Wildman–Crippen LogP) is 1.47. The fourth-order valence-electron chi connectivity index (χ4n) is 2.24. The Morgan fingerprint density at radius 3 is 2.78 bits per heavy atom. The van der Waals surface area contributed by atoms with Gasteiger partial charge in [-0.05, 0) is 30.2 Å². The van der Waals surface area contributed by atoms with Gasteiger partial charge < -0.3 is 10.4 Å². The Hall–Kier alpha value is -2.17. The lowest BCUT2D eigenvalue weighted by Crippen LogP contribution is -2.13. The van der Waals surface area contributed by atoms with Crippen LogP contribution in [0.3, 0.4) is 0 Å². The molecule has 1 atom stereocenters. The number of carbonyl (C=O) groups excluding carboxylic acids is 2. The molecule has 0 radical (unpaired) electrons. The van der Waals surface area contributed by atoms with Crippen LogP contribution >= 0.6 is 0 Å². The lowest BCUT2D eigenvalue weighted by molar-refractivity contribution is -0.137. The van der Waals surface area contributed by atoms with E-state index >= 15 is 0 Å². The number of fused-ring (bicyclic) bond motifs is 1. The van der Waals surface area contributed by atoms with Crippen molar-refractivity contribution in [2.45, 2.75) is 19.8 Å². The molecule has 0 heterocycles. The van der Waals surface area contributed by atoms with Gasteiger partial charge in [0.25, 0.3) is 0 Å². The molecule has 0 spiro atoms. The highest BCUT2D eigenvalue weighted by atomic mass is 16.4. The molecule has 1 aromatic rings. The third kappa shape index (κ3) is 2.40. The zero-order chi connectivity index (χ0) is 13.3. The molecule has 0 bridgehead atoms. The van der Waals surface area contributed by atoms with E-state index in [1.807, 2.05) is 0 Å². The number of nitrogens with one attached hydrogen (secondary N) is 1. The highest BCUT2D eigenvalue weighted by Gasteiger charge is 2.32. The average molecular weight is 247 g/mol. The molecule has 0 fully saturated rings. The molecule has 1 aliphatic carbocycles. The highest BCUT2D eigenvalue weighted by Crippen LogP contribution is 2.30. The van der Waals surface area contributed by atoms with E-state index < -0.39 is 11.9 Å². The summed E-state index contributed by atoms with van der Waals surface area (Å²) < 4.78 is 0. The minimum absolute atomic E-state index is 0.123. The Kier molecular flexibility index (Phi) is 3.14. The van der Waals surface area contributed by atoms with E-state index in [4.69, 9.17) is 5.11 Å². The largest absolute Gasteiger partial charge is 0.481 e. The molecule has 0 saturated heterocycles. The zero-order valence-electron chi connectivity index (χ0n) is 9.90. The van der Waals surface area contributed by atoms with Crippen molar-refractivity contribution < 1.29 is 19.5 Å². The first-order chi connectivity index (χ1) is 8.47. The van der Waals surface area contributed by atoms with Crippen LogP contribution in [0.4, 0.5) is 5.69 Å². The van der Waals surface area contributed by atoms with Gasteiger partial charge in [0.05, 0.1) is 6.42 Å². The molecular formula is C13H13NO4. The number of carboxylic acid groups (broad SMARTS) is 1. The van der Waals surface area contributed by atoms with Crippen molar-refractivity contribution in [1.29, 1.82) is 0 Å². The molecule has 0 aliphatic heterocycles. The zero-order valence-corrected chi connectivity index (χ0v) is 9.90. The second-order valence-electron chi connectivity index (χ2n) is 4.42. The number of amides is 1. The summed E-state index contributed by atoms with van der Waals surface area (Å²) in [5, 5.41) is 11.4. The molecule has 18 heavy (non-hydrogen) atoms. The van der Waals surface area contributed by atoms with Crippen LogP contribution in [0.1, 0.15) is 29.3 Å². The number of Topliss-reactive ketones (excluding diaryl/α,β-unsaturated/α-hetero) is 1. The quantitative estimate of drug-likeness (QED) is 0.847. The van der Waals surface area contributed by atoms with Gasteiger partial charge in [0.15, 0.2) is 5.78 Å². The van der Waals surface area contributed by atoms with Crippen molar-refractivity contribution in [2.24, 2.45) is 5.92 Å². The topological polar surface area (TPSA) is 83.5 Å². The van der Waals surface area contributed by atoms with Gasteiger partial charge in [0, 0.05) is 24.1 Å². The molecule has 5 heteroatoms. The highest BCUT2D eigenvalue weighted by molar-refractivity contribution is 6.04. The number of carboxylic acids is 1. The summed E-state index contributed by atoms with van der Waals surface area (Å²) >= 11 is 0. The molecule has 1 aliphatic rings. The van der Waals surface area contributed by atoms with Gasteiger partial charge in [-0.3, -0.25) is 14.4 Å². The van der Waals surface area contributed by atoms with Crippen LogP contribution in [-0.2, 0) is 16.0 Å². The number of hydrogen-bond donors (Lipinski definition) is 2. The standard InChI is InChI=1S/C13H13NO4/c1-7(15)14-10-2-3-11-8(5-10)4-9(13(11)18)6-12(16)17/h2-3,5,9H,4,6H2,1H3,(H,14,15)(H,16,17). The molecule has 2 rings (SSSR count). The predicted molar refractivity (Wildman–Crippen MR) is 64.5 cm³/mol. The van der Waals surface area contributed by atoms with Gasteiger partial charge in [-0.15, -0.1) is 0 Å². The van der Waals surface area contributed by atoms with Gasteiger partial charge in [0.1, 0.15) is 0 Å². The maximum absolute atomic E-state index is 11.9. The van der Waals surface area contributed by atoms with Crippen LogP contribution < -0.4 is 5.32 Å². The first-order valence-electron chi connectivity index (χ1n) is 5.64. The van der Waals surface area contributed by atoms with Crippen LogP contribution in [0.2, 0.25) is 0 Å². The van der Waals surface area contributed by atoms with Crippen LogP contribution in [0.5, 0.6) is 0 Å². The first kappa shape index (κ1) is 12.3. The summed E-state index contributed by atoms with van der Waals surface area (Å²) in [6, 6.07) is 5.03. The molecule has 2 N–H and O–H groups in total. The van der Waals surface area contributed by atoms with Crippen molar-refractivity contribution in [3.05, 3.63) is 29.3 Å². The van der Waals surface area contributed by atoms with Crippen LogP contribution in [-0.4, -0.2) is 22.8 Å². The lowest BCUT2D eigenvalue weighted by Gasteiger charge is -2.03. The number of rotatable bonds is 3. The van der Waals surface area contributed by atoms with E-state index in [2.05, 4.69) is 5.32 Å². The van der Waals surface area contributed by atoms with E-state index in [1.54, 1.807) is 18.2 Å². The monoisotopic (exact) mass is 247 g/mol. The molecule has 94 valence electrons. The summed E-state index contributed by atoms with van der Waals surface area (Å²) in [6.45, 7) is 1.41. The number of aliphatic carboxylic acids is 1. The van der Waals surface area contributed by atoms with Gasteiger partial charge >= 0.3 is 5.97 Å². The van der Waals surface area contributed by atoms with E-state index in [0.717, 1.165) is 5.56 Å². The van der Waals surface area contributed by atoms with Crippen molar-refractivity contribution in [3.8, 4) is 0 Å². The number of benzene rings is 1. The summed E-state index contributed by atoms with van der Waals surface area (Å²) in [4.78, 5) is 33.5. The van der Waals surface area contributed by atoms with Crippen molar-refractivity contribution >= 4 is 23.3 Å². The third-order valence-electron chi connectivity index (χ3n) is 2.95. The number of ketones is 1. The fourth-order valence-corrected chi connectivity index (χ4v) is 2.24. The normalized spacial score (nSPS) is 17.4. The van der Waals surface area contributed by atoms with Crippen LogP contribution in [0.15, 0.2) is 18.2 Å². The minimum atomic E-state index is -0.969. The van der Waals surface area contributed by atoms with Crippen LogP contribution in [0.25, 0.3) is 0 Å². The van der Waals surface area contributed by atoms with E-state index in [-0.39, 0.29) is 18.1 Å². The van der Waals surface area contributed by atoms with Gasteiger partial charge in [-0.25, -0.2) is 0 Å². The molecule has 0 saturated carbocycles. The second-order valence-corrected chi connectivity index (χ2v) is 4.42. The smallest absolute Gasteiger partial charge is 0.304 e. The van der Waals surface area contributed by atoms with Crippen molar-refractivity contribution in [3.63, 3.8) is 0 Å². The Labute approximate surface area is 104 Å². The van der Waals surface area contributed by atoms with Gasteiger partial charge in [0.2, 0.25) is 5.91 Å². The molecule has 5 nitrogen and oxygen atoms in total. The maximum Gasteiger partial charge on any atom is 0.304 e. The SMILES string of the molecule is CC(=O)Nc1ccc2c(c1)CC(CC(=O)O)C2=O. The average Bonchev–Trinajstić information content (AvgIpc) is 2.54. The number of anilines is 1.